The van der Waals surface area contributed by atoms with Crippen LogP contribution in [0.4, 0.5) is 0 Å². The molecule has 2 aromatic rings. The lowest BCUT2D eigenvalue weighted by Gasteiger charge is -2.25. The Morgan fingerprint density at radius 2 is 2.30 bits per heavy atom. The first kappa shape index (κ1) is 13.9. The molecular weight excluding hydrogens is 299 g/mol. The van der Waals surface area contributed by atoms with Crippen molar-refractivity contribution in [2.75, 3.05) is 6.61 Å². The number of hydrogen-bond acceptors (Lipinski definition) is 3. The van der Waals surface area contributed by atoms with Crippen molar-refractivity contribution in [3.63, 3.8) is 0 Å². The molecule has 6 heteroatoms. The maximum atomic E-state index is 6.23. The summed E-state index contributed by atoms with van der Waals surface area (Å²) in [7, 11) is 0. The average molecular weight is 313 g/mol. The largest absolute Gasteiger partial charge is 0.343 e. The van der Waals surface area contributed by atoms with E-state index in [1.54, 1.807) is 24.7 Å². The number of ether oxygens (including phenoxy) is 2. The molecule has 1 aliphatic rings. The van der Waals surface area contributed by atoms with E-state index < -0.39 is 5.79 Å². The average Bonchev–Trinajstić information content (AvgIpc) is 3.00. The fraction of sp³-hybridized carbons (Fsp3) is 0.357. The second kappa shape index (κ2) is 5.37. The zero-order valence-electron chi connectivity index (χ0n) is 10.9. The fourth-order valence-corrected chi connectivity index (χ4v) is 2.94. The van der Waals surface area contributed by atoms with E-state index in [9.17, 15) is 0 Å². The van der Waals surface area contributed by atoms with Gasteiger partial charge in [0.25, 0.3) is 0 Å². The molecule has 2 heterocycles. The van der Waals surface area contributed by atoms with Crippen molar-refractivity contribution >= 4 is 23.2 Å². The fourth-order valence-electron chi connectivity index (χ4n) is 2.36. The van der Waals surface area contributed by atoms with Crippen molar-refractivity contribution < 1.29 is 9.47 Å². The third-order valence-electron chi connectivity index (χ3n) is 3.33. The Kier molecular flexibility index (Phi) is 3.73. The first-order valence-electron chi connectivity index (χ1n) is 6.30. The van der Waals surface area contributed by atoms with Gasteiger partial charge in [0, 0.05) is 23.0 Å². The van der Waals surface area contributed by atoms with E-state index in [4.69, 9.17) is 32.7 Å². The van der Waals surface area contributed by atoms with Gasteiger partial charge < -0.3 is 14.0 Å². The van der Waals surface area contributed by atoms with Crippen LogP contribution >= 0.6 is 23.2 Å². The highest BCUT2D eigenvalue weighted by molar-refractivity contribution is 6.35. The maximum absolute atomic E-state index is 6.23. The van der Waals surface area contributed by atoms with E-state index in [1.165, 1.54) is 0 Å². The highest BCUT2D eigenvalue weighted by atomic mass is 35.5. The molecule has 2 atom stereocenters. The van der Waals surface area contributed by atoms with E-state index >= 15 is 0 Å². The van der Waals surface area contributed by atoms with Gasteiger partial charge in [-0.3, -0.25) is 0 Å². The van der Waals surface area contributed by atoms with Gasteiger partial charge in [0.1, 0.15) is 6.10 Å². The van der Waals surface area contributed by atoms with E-state index in [-0.39, 0.29) is 6.10 Å². The van der Waals surface area contributed by atoms with Crippen molar-refractivity contribution in [1.82, 2.24) is 9.55 Å². The molecule has 1 saturated heterocycles. The number of hydrogen-bond donors (Lipinski definition) is 0. The first-order valence-corrected chi connectivity index (χ1v) is 7.05. The molecule has 4 nitrogen and oxygen atoms in total. The van der Waals surface area contributed by atoms with Crippen LogP contribution in [0.25, 0.3) is 0 Å². The molecule has 3 rings (SSSR count). The topological polar surface area (TPSA) is 36.3 Å². The number of benzene rings is 1. The summed E-state index contributed by atoms with van der Waals surface area (Å²) in [5, 5.41) is 1.14. The quantitative estimate of drug-likeness (QED) is 0.870. The highest BCUT2D eigenvalue weighted by Crippen LogP contribution is 2.38. The zero-order chi connectivity index (χ0) is 14.2. The normalized spacial score (nSPS) is 26.1. The minimum atomic E-state index is -0.840. The Bertz CT molecular complexity index is 603. The molecule has 1 aliphatic heterocycles. The van der Waals surface area contributed by atoms with Gasteiger partial charge in [-0.1, -0.05) is 29.3 Å². The van der Waals surface area contributed by atoms with Gasteiger partial charge in [0.2, 0.25) is 0 Å². The summed E-state index contributed by atoms with van der Waals surface area (Å²) < 4.78 is 13.8. The van der Waals surface area contributed by atoms with Crippen molar-refractivity contribution in [3.8, 4) is 0 Å². The molecule has 0 saturated carbocycles. The van der Waals surface area contributed by atoms with Crippen LogP contribution in [0.15, 0.2) is 36.9 Å². The lowest BCUT2D eigenvalue weighted by atomic mass is 10.1. The predicted octanol–water partition coefficient (Wildman–Crippen LogP) is 3.48. The highest BCUT2D eigenvalue weighted by Gasteiger charge is 2.40. The molecule has 0 aliphatic carbocycles. The molecule has 0 bridgehead atoms. The Morgan fingerprint density at radius 1 is 1.45 bits per heavy atom. The molecule has 0 N–H and O–H groups in total. The van der Waals surface area contributed by atoms with Crippen LogP contribution in [-0.4, -0.2) is 22.3 Å². The van der Waals surface area contributed by atoms with Crippen molar-refractivity contribution in [3.05, 3.63) is 52.5 Å². The molecule has 1 aromatic heterocycles. The second-order valence-electron chi connectivity index (χ2n) is 4.88. The Morgan fingerprint density at radius 3 is 3.00 bits per heavy atom. The SMILES string of the molecule is C[C@@]1(c2ccc(Cl)cc2Cl)OC[C@H](Cn2ccnc2)O1. The molecule has 0 radical (unpaired) electrons. The minimum absolute atomic E-state index is 0.0408. The molecule has 1 aromatic carbocycles. The molecular formula is C14H14Cl2N2O2. The summed E-state index contributed by atoms with van der Waals surface area (Å²) in [5.41, 5.74) is 0.789. The zero-order valence-corrected chi connectivity index (χ0v) is 12.4. The van der Waals surface area contributed by atoms with Crippen molar-refractivity contribution in [1.29, 1.82) is 0 Å². The predicted molar refractivity (Wildman–Crippen MR) is 76.9 cm³/mol. The number of halogens is 2. The Hall–Kier alpha value is -1.07. The van der Waals surface area contributed by atoms with Crippen LogP contribution in [0.3, 0.4) is 0 Å². The van der Waals surface area contributed by atoms with E-state index in [0.29, 0.717) is 23.2 Å². The summed E-state index contributed by atoms with van der Waals surface area (Å²) in [5.74, 6) is -0.840. The molecule has 0 unspecified atom stereocenters. The van der Waals surface area contributed by atoms with Crippen LogP contribution in [0, 0.1) is 0 Å². The number of imidazole rings is 1. The van der Waals surface area contributed by atoms with Gasteiger partial charge in [0.05, 0.1) is 24.5 Å². The Balaban J connectivity index is 1.77. The minimum Gasteiger partial charge on any atom is -0.343 e. The summed E-state index contributed by atoms with van der Waals surface area (Å²) in [4.78, 5) is 4.01. The number of nitrogens with zero attached hydrogens (tertiary/aromatic N) is 2. The smallest absolute Gasteiger partial charge is 0.193 e. The van der Waals surface area contributed by atoms with E-state index in [1.807, 2.05) is 23.8 Å². The van der Waals surface area contributed by atoms with Crippen LogP contribution < -0.4 is 0 Å². The van der Waals surface area contributed by atoms with Gasteiger partial charge in [0.15, 0.2) is 5.79 Å². The monoisotopic (exact) mass is 312 g/mol. The number of aromatic nitrogens is 2. The van der Waals surface area contributed by atoms with Gasteiger partial charge in [-0.2, -0.15) is 0 Å². The molecule has 1 fully saturated rings. The second-order valence-corrected chi connectivity index (χ2v) is 5.72. The summed E-state index contributed by atoms with van der Waals surface area (Å²) in [6.45, 7) is 3.07. The Labute approximate surface area is 127 Å². The summed E-state index contributed by atoms with van der Waals surface area (Å²) >= 11 is 12.1. The van der Waals surface area contributed by atoms with Crippen LogP contribution in [-0.2, 0) is 21.8 Å². The summed E-state index contributed by atoms with van der Waals surface area (Å²) in [6.07, 6.45) is 5.36. The standard InChI is InChI=1S/C14H14Cl2N2O2/c1-14(12-3-2-10(15)6-13(12)16)19-8-11(20-14)7-18-5-4-17-9-18/h2-6,9,11H,7-8H2,1H3/t11-,14+/m0/s1. The van der Waals surface area contributed by atoms with Crippen LogP contribution in [0.1, 0.15) is 12.5 Å². The lowest BCUT2D eigenvalue weighted by molar-refractivity contribution is -0.162. The number of rotatable bonds is 3. The van der Waals surface area contributed by atoms with Gasteiger partial charge in [-0.15, -0.1) is 0 Å². The van der Waals surface area contributed by atoms with Gasteiger partial charge >= 0.3 is 0 Å². The first-order chi connectivity index (χ1) is 9.57. The van der Waals surface area contributed by atoms with Crippen molar-refractivity contribution in [2.24, 2.45) is 0 Å². The lowest BCUT2D eigenvalue weighted by Crippen LogP contribution is -2.25. The summed E-state index contributed by atoms with van der Waals surface area (Å²) in [6, 6.07) is 5.31. The third-order valence-corrected chi connectivity index (χ3v) is 3.88. The molecule has 20 heavy (non-hydrogen) atoms. The van der Waals surface area contributed by atoms with Crippen molar-refractivity contribution in [2.45, 2.75) is 25.4 Å². The van der Waals surface area contributed by atoms with E-state index in [2.05, 4.69) is 4.98 Å². The molecule has 0 amide bonds. The van der Waals surface area contributed by atoms with Crippen LogP contribution in [0.5, 0.6) is 0 Å². The third kappa shape index (κ3) is 2.69. The van der Waals surface area contributed by atoms with Crippen LogP contribution in [0.2, 0.25) is 10.0 Å². The van der Waals surface area contributed by atoms with Gasteiger partial charge in [-0.05, 0) is 19.1 Å². The van der Waals surface area contributed by atoms with E-state index in [0.717, 1.165) is 5.56 Å². The van der Waals surface area contributed by atoms with Gasteiger partial charge in [-0.25, -0.2) is 4.98 Å². The molecule has 0 spiro atoms. The maximum Gasteiger partial charge on any atom is 0.193 e. The molecule has 106 valence electrons.